The molecular formula is C20H29BrO5. The topological polar surface area (TPSA) is 61.8 Å². The van der Waals surface area contributed by atoms with Crippen molar-refractivity contribution in [1.82, 2.24) is 0 Å². The molecule has 0 radical (unpaired) electrons. The molecule has 0 unspecified atom stereocenters. The van der Waals surface area contributed by atoms with Gasteiger partial charge in [-0.2, -0.15) is 0 Å². The van der Waals surface area contributed by atoms with Crippen molar-refractivity contribution in [2.24, 2.45) is 0 Å². The number of esters is 1. The fraction of sp³-hybridized carbons (Fsp3) is 0.600. The first-order valence-corrected chi connectivity index (χ1v) is 10.3. The Hall–Kier alpha value is -1.56. The van der Waals surface area contributed by atoms with Crippen LogP contribution in [0.25, 0.3) is 0 Å². The van der Waals surface area contributed by atoms with E-state index in [1.165, 1.54) is 6.92 Å². The number of ether oxygens (including phenoxy) is 3. The summed E-state index contributed by atoms with van der Waals surface area (Å²) in [6.45, 7) is 6.04. The van der Waals surface area contributed by atoms with Crippen molar-refractivity contribution in [2.75, 3.05) is 25.2 Å². The van der Waals surface area contributed by atoms with E-state index in [2.05, 4.69) is 22.9 Å². The van der Waals surface area contributed by atoms with Crippen LogP contribution in [0.2, 0.25) is 0 Å². The van der Waals surface area contributed by atoms with E-state index in [4.69, 9.17) is 14.2 Å². The molecule has 1 aromatic rings. The fourth-order valence-electron chi connectivity index (χ4n) is 2.56. The Balaban J connectivity index is 3.01. The number of carbonyl (C=O) groups is 2. The third kappa shape index (κ3) is 7.36. The van der Waals surface area contributed by atoms with E-state index >= 15 is 0 Å². The van der Waals surface area contributed by atoms with Crippen LogP contribution in [0.4, 0.5) is 0 Å². The number of rotatable bonds is 13. The van der Waals surface area contributed by atoms with Gasteiger partial charge in [0.1, 0.15) is 11.5 Å². The van der Waals surface area contributed by atoms with Crippen LogP contribution in [0.3, 0.4) is 0 Å². The summed E-state index contributed by atoms with van der Waals surface area (Å²) >= 11 is 3.42. The van der Waals surface area contributed by atoms with E-state index in [1.54, 1.807) is 19.1 Å². The molecule has 0 aliphatic rings. The van der Waals surface area contributed by atoms with Gasteiger partial charge in [0.2, 0.25) is 0 Å². The van der Waals surface area contributed by atoms with Gasteiger partial charge in [0.05, 0.1) is 18.8 Å². The zero-order valence-electron chi connectivity index (χ0n) is 15.9. The first kappa shape index (κ1) is 22.5. The molecule has 0 aromatic heterocycles. The number of hydrogen-bond donors (Lipinski definition) is 0. The van der Waals surface area contributed by atoms with Crippen LogP contribution in [0, 0.1) is 0 Å². The maximum Gasteiger partial charge on any atom is 0.344 e. The van der Waals surface area contributed by atoms with Crippen LogP contribution >= 0.6 is 15.9 Å². The Morgan fingerprint density at radius 3 is 2.46 bits per heavy atom. The van der Waals surface area contributed by atoms with Gasteiger partial charge in [-0.3, -0.25) is 4.79 Å². The summed E-state index contributed by atoms with van der Waals surface area (Å²) in [5.41, 5.74) is 1.39. The smallest absolute Gasteiger partial charge is 0.344 e. The Labute approximate surface area is 164 Å². The SMILES string of the molecule is CCCc1c(OCC(=O)OCC)ccc(C(C)=O)c1OCCCCCBr. The standard InChI is InChI=1S/C20H29BrO5/c1-4-9-17-18(26-14-19(23)24-5-2)11-10-16(15(3)22)20(17)25-13-8-6-7-12-21/h10-11H,4-9,12-14H2,1-3H3. The molecule has 0 fully saturated rings. The van der Waals surface area contributed by atoms with Crippen molar-refractivity contribution in [1.29, 1.82) is 0 Å². The molecular weight excluding hydrogens is 400 g/mol. The summed E-state index contributed by atoms with van der Waals surface area (Å²) in [6.07, 6.45) is 4.64. The summed E-state index contributed by atoms with van der Waals surface area (Å²) in [4.78, 5) is 23.6. The minimum absolute atomic E-state index is 0.0465. The van der Waals surface area contributed by atoms with E-state index in [0.717, 1.165) is 36.6 Å². The molecule has 5 nitrogen and oxygen atoms in total. The van der Waals surface area contributed by atoms with Gasteiger partial charge < -0.3 is 14.2 Å². The molecule has 6 heteroatoms. The van der Waals surface area contributed by atoms with Crippen molar-refractivity contribution in [3.63, 3.8) is 0 Å². The molecule has 0 saturated carbocycles. The Bertz CT molecular complexity index is 586. The molecule has 0 aliphatic carbocycles. The largest absolute Gasteiger partial charge is 0.492 e. The van der Waals surface area contributed by atoms with Crippen LogP contribution in [-0.2, 0) is 16.0 Å². The monoisotopic (exact) mass is 428 g/mol. The molecule has 0 N–H and O–H groups in total. The summed E-state index contributed by atoms with van der Waals surface area (Å²) in [5, 5.41) is 0.976. The molecule has 0 amide bonds. The first-order chi connectivity index (χ1) is 12.5. The van der Waals surface area contributed by atoms with Gasteiger partial charge in [-0.25, -0.2) is 4.79 Å². The van der Waals surface area contributed by atoms with E-state index in [0.29, 0.717) is 36.7 Å². The normalized spacial score (nSPS) is 10.5. The van der Waals surface area contributed by atoms with Gasteiger partial charge in [0.15, 0.2) is 12.4 Å². The molecule has 0 bridgehead atoms. The zero-order chi connectivity index (χ0) is 19.4. The average Bonchev–Trinajstić information content (AvgIpc) is 2.61. The molecule has 0 heterocycles. The second-order valence-electron chi connectivity index (χ2n) is 5.92. The maximum atomic E-state index is 12.0. The van der Waals surface area contributed by atoms with Crippen LogP contribution in [-0.4, -0.2) is 36.9 Å². The minimum atomic E-state index is -0.414. The number of benzene rings is 1. The maximum absolute atomic E-state index is 12.0. The number of alkyl halides is 1. The lowest BCUT2D eigenvalue weighted by Gasteiger charge is -2.18. The average molecular weight is 429 g/mol. The first-order valence-electron chi connectivity index (χ1n) is 9.19. The van der Waals surface area contributed by atoms with Crippen LogP contribution in [0.1, 0.15) is 62.4 Å². The van der Waals surface area contributed by atoms with Gasteiger partial charge in [-0.15, -0.1) is 0 Å². The quantitative estimate of drug-likeness (QED) is 0.196. The predicted octanol–water partition coefficient (Wildman–Crippen LogP) is 4.73. The van der Waals surface area contributed by atoms with Crippen molar-refractivity contribution in [3.8, 4) is 11.5 Å². The molecule has 0 spiro atoms. The fourth-order valence-corrected chi connectivity index (χ4v) is 2.96. The lowest BCUT2D eigenvalue weighted by Crippen LogP contribution is -2.16. The highest BCUT2D eigenvalue weighted by atomic mass is 79.9. The number of carbonyl (C=O) groups excluding carboxylic acids is 2. The van der Waals surface area contributed by atoms with Gasteiger partial charge in [-0.05, 0) is 51.7 Å². The summed E-state index contributed by atoms with van der Waals surface area (Å²) in [5.74, 6) is 0.692. The molecule has 146 valence electrons. The number of Topliss-reactive ketones (excluding diaryl/α,β-unsaturated/α-hetero) is 1. The predicted molar refractivity (Wildman–Crippen MR) is 106 cm³/mol. The Morgan fingerprint density at radius 1 is 1.08 bits per heavy atom. The van der Waals surface area contributed by atoms with Crippen LogP contribution < -0.4 is 9.47 Å². The molecule has 1 aromatic carbocycles. The minimum Gasteiger partial charge on any atom is -0.492 e. The van der Waals surface area contributed by atoms with E-state index in [-0.39, 0.29) is 12.4 Å². The molecule has 1 rings (SSSR count). The number of halogens is 1. The molecule has 0 aliphatic heterocycles. The lowest BCUT2D eigenvalue weighted by molar-refractivity contribution is -0.145. The van der Waals surface area contributed by atoms with Crippen molar-refractivity contribution < 1.29 is 23.8 Å². The van der Waals surface area contributed by atoms with Crippen LogP contribution in [0.5, 0.6) is 11.5 Å². The number of unbranched alkanes of at least 4 members (excludes halogenated alkanes) is 2. The summed E-state index contributed by atoms with van der Waals surface area (Å²) < 4.78 is 16.5. The van der Waals surface area contributed by atoms with Gasteiger partial charge in [-0.1, -0.05) is 29.3 Å². The third-order valence-corrected chi connectivity index (χ3v) is 4.33. The van der Waals surface area contributed by atoms with Gasteiger partial charge in [0, 0.05) is 10.9 Å². The highest BCUT2D eigenvalue weighted by Crippen LogP contribution is 2.34. The number of ketones is 1. The third-order valence-electron chi connectivity index (χ3n) is 3.77. The van der Waals surface area contributed by atoms with E-state index in [1.807, 2.05) is 0 Å². The van der Waals surface area contributed by atoms with Crippen LogP contribution in [0.15, 0.2) is 12.1 Å². The second kappa shape index (κ2) is 12.7. The Kier molecular flexibility index (Phi) is 11.0. The molecule has 26 heavy (non-hydrogen) atoms. The lowest BCUT2D eigenvalue weighted by atomic mass is 10.0. The molecule has 0 saturated heterocycles. The van der Waals surface area contributed by atoms with Gasteiger partial charge in [0.25, 0.3) is 0 Å². The van der Waals surface area contributed by atoms with Gasteiger partial charge >= 0.3 is 5.97 Å². The van der Waals surface area contributed by atoms with Crippen molar-refractivity contribution >= 4 is 27.7 Å². The van der Waals surface area contributed by atoms with E-state index < -0.39 is 5.97 Å². The van der Waals surface area contributed by atoms with Crippen molar-refractivity contribution in [3.05, 3.63) is 23.3 Å². The summed E-state index contributed by atoms with van der Waals surface area (Å²) in [7, 11) is 0. The van der Waals surface area contributed by atoms with E-state index in [9.17, 15) is 9.59 Å². The molecule has 0 atom stereocenters. The second-order valence-corrected chi connectivity index (χ2v) is 6.71. The van der Waals surface area contributed by atoms with Crippen molar-refractivity contribution in [2.45, 2.75) is 52.9 Å². The highest BCUT2D eigenvalue weighted by Gasteiger charge is 2.19. The highest BCUT2D eigenvalue weighted by molar-refractivity contribution is 9.09. The Morgan fingerprint density at radius 2 is 1.85 bits per heavy atom. The number of hydrogen-bond acceptors (Lipinski definition) is 5. The summed E-state index contributed by atoms with van der Waals surface area (Å²) in [6, 6.07) is 3.44. The zero-order valence-corrected chi connectivity index (χ0v) is 17.5.